The number of nitrogens with one attached hydrogen (secondary N) is 2. The van der Waals surface area contributed by atoms with Crippen LogP contribution in [0.2, 0.25) is 0 Å². The normalized spacial score (nSPS) is 16.4. The maximum Gasteiger partial charge on any atom is 0.293 e. The molecule has 230 valence electrons. The van der Waals surface area contributed by atoms with E-state index in [1.165, 1.54) is 43.7 Å². The van der Waals surface area contributed by atoms with Crippen LogP contribution in [0.15, 0.2) is 60.9 Å². The van der Waals surface area contributed by atoms with Crippen LogP contribution in [0.25, 0.3) is 22.3 Å². The molecule has 0 amide bonds. The molecule has 1 aliphatic heterocycles. The van der Waals surface area contributed by atoms with Gasteiger partial charge in [-0.1, -0.05) is 37.5 Å². The smallest absolute Gasteiger partial charge is 0.293 e. The van der Waals surface area contributed by atoms with Gasteiger partial charge in [-0.3, -0.25) is 4.79 Å². The number of aromatic nitrogens is 3. The Labute approximate surface area is 251 Å². The largest absolute Gasteiger partial charge is 0.493 e. The van der Waals surface area contributed by atoms with E-state index < -0.39 is 34.4 Å². The lowest BCUT2D eigenvalue weighted by atomic mass is 9.75. The summed E-state index contributed by atoms with van der Waals surface area (Å²) in [5.74, 6) is -4.45. The van der Waals surface area contributed by atoms with E-state index in [0.717, 1.165) is 23.1 Å². The third-order valence-corrected chi connectivity index (χ3v) is 7.31. The molecule has 3 aromatic carbocycles. The topological polar surface area (TPSA) is 89.2 Å². The molecule has 11 heteroatoms. The molecule has 0 spiro atoms. The molecule has 2 N–H and O–H groups in total. The minimum absolute atomic E-state index is 0.0340. The van der Waals surface area contributed by atoms with Crippen molar-refractivity contribution < 1.29 is 36.6 Å². The van der Waals surface area contributed by atoms with Gasteiger partial charge < -0.3 is 24.2 Å². The summed E-state index contributed by atoms with van der Waals surface area (Å²) in [6.07, 6.45) is 8.11. The molecule has 0 radical (unpaired) electrons. The minimum Gasteiger partial charge on any atom is -0.493 e. The van der Waals surface area contributed by atoms with Crippen molar-refractivity contribution in [1.82, 2.24) is 15.0 Å². The van der Waals surface area contributed by atoms with Gasteiger partial charge in [0.15, 0.2) is 11.6 Å². The second-order valence-electron chi connectivity index (χ2n) is 10.5. The number of H-pyrrole nitrogens is 2. The highest BCUT2D eigenvalue weighted by molar-refractivity contribution is 5.82. The van der Waals surface area contributed by atoms with Gasteiger partial charge >= 0.3 is 0 Å². The summed E-state index contributed by atoms with van der Waals surface area (Å²) in [4.78, 5) is 19.2. The average Bonchev–Trinajstić information content (AvgIpc) is 3.68. The Hall–Kier alpha value is -4.80. The molecule has 7 nitrogen and oxygen atoms in total. The first kappa shape index (κ1) is 30.7. The highest BCUT2D eigenvalue weighted by atomic mass is 19.2. The summed E-state index contributed by atoms with van der Waals surface area (Å²) < 4.78 is 73.9. The number of imidazole rings is 1. The summed E-state index contributed by atoms with van der Waals surface area (Å²) >= 11 is 0. The van der Waals surface area contributed by atoms with Crippen molar-refractivity contribution in [2.45, 2.75) is 44.9 Å². The number of carbonyl (C=O) groups excluding carboxylic acids is 1. The molecule has 0 bridgehead atoms. The maximum atomic E-state index is 14.9. The van der Waals surface area contributed by atoms with E-state index in [4.69, 9.17) is 9.47 Å². The average molecular weight is 610 g/mol. The monoisotopic (exact) mass is 609 g/mol. The quantitative estimate of drug-likeness (QED) is 0.115. The predicted octanol–water partition coefficient (Wildman–Crippen LogP) is 8.34. The number of nitrogens with zero attached hydrogens (tertiary/aromatic N) is 1. The zero-order valence-electron chi connectivity index (χ0n) is 24.2. The Morgan fingerprint density at radius 3 is 2.50 bits per heavy atom. The fourth-order valence-corrected chi connectivity index (χ4v) is 4.75. The van der Waals surface area contributed by atoms with Gasteiger partial charge in [-0.2, -0.15) is 4.39 Å². The van der Waals surface area contributed by atoms with E-state index in [0.29, 0.717) is 26.1 Å². The van der Waals surface area contributed by atoms with Crippen LogP contribution in [0.4, 0.5) is 17.6 Å². The van der Waals surface area contributed by atoms with Gasteiger partial charge in [-0.25, -0.2) is 18.2 Å². The zero-order valence-corrected chi connectivity index (χ0v) is 24.2. The van der Waals surface area contributed by atoms with Gasteiger partial charge in [0.25, 0.3) is 6.47 Å². The third-order valence-electron chi connectivity index (χ3n) is 7.31. The molecular formula is C33H31F4N3O4. The lowest BCUT2D eigenvalue weighted by Gasteiger charge is -2.34. The van der Waals surface area contributed by atoms with Crippen LogP contribution in [-0.4, -0.2) is 34.6 Å². The molecule has 3 heterocycles. The molecule has 0 saturated heterocycles. The minimum atomic E-state index is -1.49. The van der Waals surface area contributed by atoms with E-state index in [1.807, 2.05) is 24.3 Å². The summed E-state index contributed by atoms with van der Waals surface area (Å²) in [7, 11) is 0. The second-order valence-corrected chi connectivity index (χ2v) is 10.5. The molecule has 5 aromatic rings. The molecule has 7 rings (SSSR count). The lowest BCUT2D eigenvalue weighted by Crippen LogP contribution is -2.31. The summed E-state index contributed by atoms with van der Waals surface area (Å²) in [6.45, 7) is 5.23. The van der Waals surface area contributed by atoms with E-state index in [-0.39, 0.29) is 28.0 Å². The summed E-state index contributed by atoms with van der Waals surface area (Å²) in [5, 5.41) is -0.160. The molecule has 1 fully saturated rings. The van der Waals surface area contributed by atoms with Crippen molar-refractivity contribution in [1.29, 1.82) is 0 Å². The standard InChI is InChI=1S/C27H19F4N3O2.C3H6O2.C3H6/c1-27(9-11-35-19-5-3-2-4-17(19)27)20-13-33-26(34-20)16-12-14(6-7-18(16)28)36-25-21(29)15-8-10-32-24(15)22(30)23(25)31;1-2-5-3-4;1-2-3-1/h2-8,10,12-13,32H,9,11H2,1H3,(H,33,34);3H,2H2,1H3;1-3H2. The highest BCUT2D eigenvalue weighted by Gasteiger charge is 2.36. The van der Waals surface area contributed by atoms with Gasteiger partial charge in [0.1, 0.15) is 23.1 Å². The Morgan fingerprint density at radius 1 is 1.02 bits per heavy atom. The number of fused-ring (bicyclic) bond motifs is 2. The van der Waals surface area contributed by atoms with Gasteiger partial charge in [0, 0.05) is 34.5 Å². The first-order valence-electron chi connectivity index (χ1n) is 14.2. The van der Waals surface area contributed by atoms with Crippen molar-refractivity contribution in [2.75, 3.05) is 13.2 Å². The van der Waals surface area contributed by atoms with Crippen molar-refractivity contribution in [3.63, 3.8) is 0 Å². The fraction of sp³-hybridized carbons (Fsp3) is 0.273. The number of ether oxygens (including phenoxy) is 3. The van der Waals surface area contributed by atoms with Crippen LogP contribution in [0, 0.1) is 23.3 Å². The van der Waals surface area contributed by atoms with Gasteiger partial charge in [0.2, 0.25) is 11.6 Å². The molecule has 1 atom stereocenters. The van der Waals surface area contributed by atoms with Crippen LogP contribution >= 0.6 is 0 Å². The zero-order chi connectivity index (χ0) is 31.3. The van der Waals surface area contributed by atoms with Crippen LogP contribution in [-0.2, 0) is 14.9 Å². The number of aromatic amines is 2. The van der Waals surface area contributed by atoms with Gasteiger partial charge in [0.05, 0.1) is 24.3 Å². The van der Waals surface area contributed by atoms with Crippen LogP contribution < -0.4 is 9.47 Å². The molecule has 2 aliphatic rings. The molecule has 1 aliphatic carbocycles. The molecule has 1 saturated carbocycles. The highest BCUT2D eigenvalue weighted by Crippen LogP contribution is 2.43. The van der Waals surface area contributed by atoms with Crippen LogP contribution in [0.3, 0.4) is 0 Å². The van der Waals surface area contributed by atoms with E-state index in [2.05, 4.69) is 26.6 Å². The van der Waals surface area contributed by atoms with Crippen molar-refractivity contribution >= 4 is 17.4 Å². The molecular weight excluding hydrogens is 578 g/mol. The number of carbonyl (C=O) groups is 1. The number of hydrogen-bond donors (Lipinski definition) is 2. The Kier molecular flexibility index (Phi) is 9.22. The first-order chi connectivity index (χ1) is 21.3. The number of benzene rings is 3. The number of rotatable bonds is 6. The maximum absolute atomic E-state index is 14.9. The number of halogens is 4. The predicted molar refractivity (Wildman–Crippen MR) is 157 cm³/mol. The Bertz CT molecular complexity index is 1760. The number of para-hydroxylation sites is 1. The number of hydrogen-bond acceptors (Lipinski definition) is 5. The molecule has 1 unspecified atom stereocenters. The van der Waals surface area contributed by atoms with Crippen molar-refractivity contribution in [3.8, 4) is 28.6 Å². The molecule has 2 aromatic heterocycles. The van der Waals surface area contributed by atoms with Crippen molar-refractivity contribution in [3.05, 3.63) is 95.5 Å². The summed E-state index contributed by atoms with van der Waals surface area (Å²) in [6, 6.07) is 12.5. The Morgan fingerprint density at radius 2 is 1.80 bits per heavy atom. The van der Waals surface area contributed by atoms with Gasteiger partial charge in [-0.15, -0.1) is 0 Å². The van der Waals surface area contributed by atoms with E-state index in [1.54, 1.807) is 13.1 Å². The second kappa shape index (κ2) is 13.2. The third kappa shape index (κ3) is 6.27. The van der Waals surface area contributed by atoms with Gasteiger partial charge in [-0.05, 0) is 50.6 Å². The van der Waals surface area contributed by atoms with Crippen molar-refractivity contribution in [2.24, 2.45) is 0 Å². The van der Waals surface area contributed by atoms with Crippen LogP contribution in [0.1, 0.15) is 50.8 Å². The van der Waals surface area contributed by atoms with E-state index in [9.17, 15) is 22.4 Å². The SMILES string of the molecule is C1CC1.CC1(c2cnc(-c3cc(Oc4c(F)c(F)c5[nH]ccc5c4F)ccc3F)[nH]2)CCOc2ccccc21.CCOC=O. The molecule has 44 heavy (non-hydrogen) atoms. The fourth-order valence-electron chi connectivity index (χ4n) is 4.75. The Balaban J connectivity index is 0.000000424. The van der Waals surface area contributed by atoms with E-state index >= 15 is 0 Å². The lowest BCUT2D eigenvalue weighted by molar-refractivity contribution is -0.128. The first-order valence-corrected chi connectivity index (χ1v) is 14.2. The summed E-state index contributed by atoms with van der Waals surface area (Å²) in [5.41, 5.74) is 1.03. The van der Waals surface area contributed by atoms with Crippen LogP contribution in [0.5, 0.6) is 17.2 Å².